The van der Waals surface area contributed by atoms with Crippen molar-refractivity contribution in [2.75, 3.05) is 13.7 Å². The van der Waals surface area contributed by atoms with Crippen LogP contribution >= 0.6 is 11.3 Å². The summed E-state index contributed by atoms with van der Waals surface area (Å²) in [4.78, 5) is 31.2. The van der Waals surface area contributed by atoms with E-state index in [1.165, 1.54) is 11.3 Å². The fraction of sp³-hybridized carbons (Fsp3) is 0.227. The molecule has 154 valence electrons. The maximum absolute atomic E-state index is 13.3. The number of carbonyl (C=O) groups is 1. The lowest BCUT2D eigenvalue weighted by Gasteiger charge is -2.24. The van der Waals surface area contributed by atoms with Crippen molar-refractivity contribution in [3.8, 4) is 5.75 Å². The topological polar surface area (TPSA) is 83.0 Å². The van der Waals surface area contributed by atoms with E-state index in [1.54, 1.807) is 62.3 Å². The number of allylic oxidation sites excluding steroid dienone is 1. The van der Waals surface area contributed by atoms with Gasteiger partial charge in [-0.05, 0) is 43.7 Å². The minimum atomic E-state index is -0.641. The quantitative estimate of drug-likeness (QED) is 0.588. The lowest BCUT2D eigenvalue weighted by Crippen LogP contribution is -2.39. The third-order valence-electron chi connectivity index (χ3n) is 4.79. The van der Waals surface area contributed by atoms with Crippen LogP contribution in [-0.4, -0.2) is 24.3 Å². The third-order valence-corrected chi connectivity index (χ3v) is 5.77. The summed E-state index contributed by atoms with van der Waals surface area (Å²) in [5, 5.41) is 0. The Labute approximate surface area is 176 Å². The number of carbonyl (C=O) groups excluding carboxylic acids is 1. The number of ether oxygens (including phenoxy) is 2. The number of rotatable bonds is 5. The van der Waals surface area contributed by atoms with Gasteiger partial charge in [0.15, 0.2) is 4.80 Å². The van der Waals surface area contributed by atoms with Gasteiger partial charge < -0.3 is 13.9 Å². The minimum absolute atomic E-state index is 0.227. The smallest absolute Gasteiger partial charge is 0.338 e. The second-order valence-corrected chi connectivity index (χ2v) is 7.64. The van der Waals surface area contributed by atoms with Gasteiger partial charge in [-0.2, -0.15) is 0 Å². The Hall–Kier alpha value is -3.39. The van der Waals surface area contributed by atoms with E-state index in [0.29, 0.717) is 26.4 Å². The molecule has 1 atom stereocenters. The van der Waals surface area contributed by atoms with Gasteiger partial charge >= 0.3 is 5.97 Å². The highest BCUT2D eigenvalue weighted by molar-refractivity contribution is 7.07. The number of thiazole rings is 1. The number of aromatic nitrogens is 1. The molecule has 3 aromatic rings. The van der Waals surface area contributed by atoms with Gasteiger partial charge in [0.1, 0.15) is 5.75 Å². The van der Waals surface area contributed by atoms with E-state index in [2.05, 4.69) is 4.99 Å². The van der Waals surface area contributed by atoms with Crippen LogP contribution in [0.3, 0.4) is 0 Å². The van der Waals surface area contributed by atoms with Gasteiger partial charge in [-0.1, -0.05) is 23.5 Å². The summed E-state index contributed by atoms with van der Waals surface area (Å²) in [5.74, 6) is 0.202. The van der Waals surface area contributed by atoms with Crippen molar-refractivity contribution in [2.45, 2.75) is 19.9 Å². The first-order valence-corrected chi connectivity index (χ1v) is 10.2. The van der Waals surface area contributed by atoms with Crippen LogP contribution in [0.2, 0.25) is 0 Å². The first-order valence-electron chi connectivity index (χ1n) is 9.39. The van der Waals surface area contributed by atoms with Gasteiger partial charge in [0, 0.05) is 5.56 Å². The first-order chi connectivity index (χ1) is 14.5. The molecular formula is C22H20N2O5S. The van der Waals surface area contributed by atoms with Crippen LogP contribution in [-0.2, 0) is 9.53 Å². The first kappa shape index (κ1) is 19.9. The summed E-state index contributed by atoms with van der Waals surface area (Å²) in [6.07, 6.45) is 4.86. The summed E-state index contributed by atoms with van der Waals surface area (Å²) in [6.45, 7) is 3.74. The number of benzene rings is 1. The number of fused-ring (bicyclic) bond motifs is 1. The van der Waals surface area contributed by atoms with Crippen molar-refractivity contribution in [2.24, 2.45) is 4.99 Å². The van der Waals surface area contributed by atoms with Gasteiger partial charge in [-0.15, -0.1) is 0 Å². The summed E-state index contributed by atoms with van der Waals surface area (Å²) in [5.41, 5.74) is 2.21. The van der Waals surface area contributed by atoms with Crippen LogP contribution in [0.15, 0.2) is 68.3 Å². The zero-order chi connectivity index (χ0) is 21.3. The van der Waals surface area contributed by atoms with Gasteiger partial charge in [0.2, 0.25) is 0 Å². The molecule has 0 amide bonds. The number of esters is 1. The zero-order valence-electron chi connectivity index (χ0n) is 16.7. The monoisotopic (exact) mass is 424 g/mol. The maximum atomic E-state index is 13.3. The van der Waals surface area contributed by atoms with Crippen molar-refractivity contribution in [3.05, 3.63) is 84.9 Å². The van der Waals surface area contributed by atoms with Crippen LogP contribution in [0.25, 0.3) is 6.08 Å². The molecule has 0 saturated carbocycles. The minimum Gasteiger partial charge on any atom is -0.497 e. The molecule has 1 aliphatic heterocycles. The Balaban J connectivity index is 1.95. The highest BCUT2D eigenvalue weighted by Crippen LogP contribution is 2.31. The van der Waals surface area contributed by atoms with Crippen LogP contribution in [0.4, 0.5) is 0 Å². The molecule has 8 heteroatoms. The maximum Gasteiger partial charge on any atom is 0.338 e. The normalized spacial score (nSPS) is 16.2. The van der Waals surface area contributed by atoms with E-state index in [-0.39, 0.29) is 12.2 Å². The van der Waals surface area contributed by atoms with E-state index < -0.39 is 12.0 Å². The molecule has 0 saturated heterocycles. The van der Waals surface area contributed by atoms with Crippen LogP contribution in [0.5, 0.6) is 5.75 Å². The molecule has 30 heavy (non-hydrogen) atoms. The predicted molar refractivity (Wildman–Crippen MR) is 112 cm³/mol. The summed E-state index contributed by atoms with van der Waals surface area (Å²) >= 11 is 1.27. The molecular weight excluding hydrogens is 404 g/mol. The van der Waals surface area contributed by atoms with Crippen LogP contribution < -0.4 is 19.6 Å². The Morgan fingerprint density at radius 2 is 2.07 bits per heavy atom. The number of hydrogen-bond donors (Lipinski definition) is 0. The predicted octanol–water partition coefficient (Wildman–Crippen LogP) is 2.40. The molecule has 2 aromatic heterocycles. The molecule has 1 aliphatic rings. The SMILES string of the molecule is CCOC(=O)C1=C(C)N=c2sc(=Cc3ccoc3)c(=O)n2C1c1ccc(OC)cc1. The summed E-state index contributed by atoms with van der Waals surface area (Å²) < 4.78 is 17.7. The van der Waals surface area contributed by atoms with E-state index in [4.69, 9.17) is 13.9 Å². The summed E-state index contributed by atoms with van der Waals surface area (Å²) in [7, 11) is 1.59. The van der Waals surface area contributed by atoms with Gasteiger partial charge in [-0.3, -0.25) is 9.36 Å². The molecule has 0 N–H and O–H groups in total. The highest BCUT2D eigenvalue weighted by Gasteiger charge is 2.33. The van der Waals surface area contributed by atoms with Crippen molar-refractivity contribution >= 4 is 23.4 Å². The largest absolute Gasteiger partial charge is 0.497 e. The molecule has 1 aromatic carbocycles. The second kappa shape index (κ2) is 8.16. The zero-order valence-corrected chi connectivity index (χ0v) is 17.6. The average Bonchev–Trinajstić information content (AvgIpc) is 3.36. The number of furan rings is 1. The van der Waals surface area contributed by atoms with Gasteiger partial charge in [0.25, 0.3) is 5.56 Å². The lowest BCUT2D eigenvalue weighted by molar-refractivity contribution is -0.139. The molecule has 0 aliphatic carbocycles. The standard InChI is InChI=1S/C22H20N2O5S/c1-4-29-21(26)18-13(2)23-22-24(19(18)15-5-7-16(27-3)8-6-15)20(25)17(30-22)11-14-9-10-28-12-14/h5-12,19H,4H2,1-3H3. The summed E-state index contributed by atoms with van der Waals surface area (Å²) in [6, 6.07) is 8.42. The Morgan fingerprint density at radius 3 is 2.70 bits per heavy atom. The Kier molecular flexibility index (Phi) is 5.41. The third kappa shape index (κ3) is 3.50. The van der Waals surface area contributed by atoms with Crippen molar-refractivity contribution in [1.82, 2.24) is 4.57 Å². The number of nitrogens with zero attached hydrogens (tertiary/aromatic N) is 2. The number of hydrogen-bond acceptors (Lipinski definition) is 7. The van der Waals surface area contributed by atoms with Gasteiger partial charge in [0.05, 0.1) is 48.1 Å². The van der Waals surface area contributed by atoms with Crippen LogP contribution in [0.1, 0.15) is 31.0 Å². The second-order valence-electron chi connectivity index (χ2n) is 6.63. The molecule has 0 bridgehead atoms. The van der Waals surface area contributed by atoms with Crippen molar-refractivity contribution in [3.63, 3.8) is 0 Å². The Morgan fingerprint density at radius 1 is 1.30 bits per heavy atom. The molecule has 4 rings (SSSR count). The molecule has 7 nitrogen and oxygen atoms in total. The highest BCUT2D eigenvalue weighted by atomic mass is 32.1. The van der Waals surface area contributed by atoms with Crippen molar-refractivity contribution in [1.29, 1.82) is 0 Å². The van der Waals surface area contributed by atoms with Crippen LogP contribution in [0, 0.1) is 0 Å². The Bertz CT molecular complexity index is 1280. The van der Waals surface area contributed by atoms with Gasteiger partial charge in [-0.25, -0.2) is 9.79 Å². The van der Waals surface area contributed by atoms with E-state index >= 15 is 0 Å². The van der Waals surface area contributed by atoms with E-state index in [9.17, 15) is 9.59 Å². The molecule has 1 unspecified atom stereocenters. The molecule has 0 fully saturated rings. The molecule has 0 spiro atoms. The fourth-order valence-corrected chi connectivity index (χ4v) is 4.45. The molecule has 0 radical (unpaired) electrons. The van der Waals surface area contributed by atoms with E-state index in [0.717, 1.165) is 11.1 Å². The lowest BCUT2D eigenvalue weighted by atomic mass is 9.96. The van der Waals surface area contributed by atoms with Crippen molar-refractivity contribution < 1.29 is 18.7 Å². The fourth-order valence-electron chi connectivity index (χ4n) is 3.40. The average molecular weight is 424 g/mol. The van der Waals surface area contributed by atoms with E-state index in [1.807, 2.05) is 12.1 Å². The molecule has 3 heterocycles. The number of methoxy groups -OCH3 is 1.